The maximum atomic E-state index is 6.17. The highest BCUT2D eigenvalue weighted by atomic mass is 16.5. The van der Waals surface area contributed by atoms with E-state index in [2.05, 4.69) is 11.9 Å². The molecular weight excluding hydrogens is 242 g/mol. The normalized spacial score (nSPS) is 12.7. The van der Waals surface area contributed by atoms with Gasteiger partial charge in [-0.15, -0.1) is 0 Å². The van der Waals surface area contributed by atoms with Gasteiger partial charge in [0.2, 0.25) is 0 Å². The summed E-state index contributed by atoms with van der Waals surface area (Å²) in [7, 11) is 5.23. The molecule has 5 nitrogen and oxygen atoms in total. The highest BCUT2D eigenvalue weighted by molar-refractivity contribution is 5.80. The van der Waals surface area contributed by atoms with Gasteiger partial charge in [-0.1, -0.05) is 13.3 Å². The number of hydrogen-bond acceptors (Lipinski definition) is 4. The van der Waals surface area contributed by atoms with Gasteiger partial charge in [-0.25, -0.2) is 4.98 Å². The Morgan fingerprint density at radius 1 is 1.26 bits per heavy atom. The van der Waals surface area contributed by atoms with Crippen LogP contribution in [0.5, 0.6) is 11.5 Å². The molecule has 1 aromatic carbocycles. The molecule has 1 heterocycles. The number of benzene rings is 1. The summed E-state index contributed by atoms with van der Waals surface area (Å²) in [5.41, 5.74) is 8.04. The van der Waals surface area contributed by atoms with E-state index in [9.17, 15) is 0 Å². The van der Waals surface area contributed by atoms with Crippen molar-refractivity contribution in [1.29, 1.82) is 0 Å². The summed E-state index contributed by atoms with van der Waals surface area (Å²) in [4.78, 5) is 4.62. The van der Waals surface area contributed by atoms with Gasteiger partial charge in [0.05, 0.1) is 31.3 Å². The van der Waals surface area contributed by atoms with Crippen LogP contribution in [0.3, 0.4) is 0 Å². The van der Waals surface area contributed by atoms with Crippen molar-refractivity contribution in [2.75, 3.05) is 14.2 Å². The van der Waals surface area contributed by atoms with Gasteiger partial charge in [-0.2, -0.15) is 0 Å². The Hall–Kier alpha value is -1.75. The molecule has 1 aromatic heterocycles. The van der Waals surface area contributed by atoms with E-state index in [4.69, 9.17) is 15.2 Å². The summed E-state index contributed by atoms with van der Waals surface area (Å²) in [5, 5.41) is 0. The van der Waals surface area contributed by atoms with E-state index >= 15 is 0 Å². The van der Waals surface area contributed by atoms with Gasteiger partial charge in [0.15, 0.2) is 11.5 Å². The van der Waals surface area contributed by atoms with Crippen molar-refractivity contribution in [1.82, 2.24) is 9.55 Å². The number of nitrogens with two attached hydrogens (primary N) is 1. The zero-order chi connectivity index (χ0) is 14.0. The number of nitrogens with zero attached hydrogens (tertiary/aromatic N) is 2. The van der Waals surface area contributed by atoms with Crippen molar-refractivity contribution < 1.29 is 9.47 Å². The Morgan fingerprint density at radius 3 is 2.47 bits per heavy atom. The fourth-order valence-corrected chi connectivity index (χ4v) is 2.31. The number of aryl methyl sites for hydroxylation is 1. The smallest absolute Gasteiger partial charge is 0.163 e. The first kappa shape index (κ1) is 13.7. The molecule has 104 valence electrons. The molecule has 2 aromatic rings. The molecule has 0 aliphatic carbocycles. The second-order valence-corrected chi connectivity index (χ2v) is 4.62. The maximum Gasteiger partial charge on any atom is 0.163 e. The van der Waals surface area contributed by atoms with Crippen molar-refractivity contribution in [2.45, 2.75) is 25.8 Å². The summed E-state index contributed by atoms with van der Waals surface area (Å²) < 4.78 is 12.6. The molecule has 0 saturated carbocycles. The van der Waals surface area contributed by atoms with E-state index in [1.165, 1.54) is 0 Å². The fourth-order valence-electron chi connectivity index (χ4n) is 2.31. The molecule has 1 unspecified atom stereocenters. The zero-order valence-corrected chi connectivity index (χ0v) is 11.9. The second kappa shape index (κ2) is 5.48. The molecule has 2 N–H and O–H groups in total. The lowest BCUT2D eigenvalue weighted by molar-refractivity contribution is 0.355. The number of methoxy groups -OCH3 is 2. The van der Waals surface area contributed by atoms with Gasteiger partial charge in [-0.3, -0.25) is 0 Å². The number of hydrogen-bond donors (Lipinski definition) is 1. The summed E-state index contributed by atoms with van der Waals surface area (Å²) in [5.74, 6) is 2.28. The lowest BCUT2D eigenvalue weighted by Crippen LogP contribution is -2.14. The van der Waals surface area contributed by atoms with Crippen LogP contribution in [0.15, 0.2) is 12.1 Å². The van der Waals surface area contributed by atoms with Crippen LogP contribution in [0.25, 0.3) is 11.0 Å². The molecule has 0 aliphatic heterocycles. The van der Waals surface area contributed by atoms with Gasteiger partial charge in [0, 0.05) is 19.2 Å². The summed E-state index contributed by atoms with van der Waals surface area (Å²) in [6.45, 7) is 2.12. The second-order valence-electron chi connectivity index (χ2n) is 4.62. The van der Waals surface area contributed by atoms with Crippen LogP contribution < -0.4 is 15.2 Å². The van der Waals surface area contributed by atoms with Gasteiger partial charge in [0.1, 0.15) is 5.82 Å². The SMILES string of the molecule is CCCC(N)c1nc2cc(OC)c(OC)cc2n1C. The molecule has 1 atom stereocenters. The summed E-state index contributed by atoms with van der Waals surface area (Å²) in [6, 6.07) is 3.78. The van der Waals surface area contributed by atoms with Crippen LogP contribution in [-0.2, 0) is 7.05 Å². The molecule has 2 rings (SSSR count). The van der Waals surface area contributed by atoms with Crippen LogP contribution in [0.4, 0.5) is 0 Å². The lowest BCUT2D eigenvalue weighted by atomic mass is 10.2. The number of ether oxygens (including phenoxy) is 2. The minimum absolute atomic E-state index is 0.0422. The predicted octanol–water partition coefficient (Wildman–Crippen LogP) is 2.39. The minimum atomic E-state index is -0.0422. The lowest BCUT2D eigenvalue weighted by Gasteiger charge is -2.10. The Morgan fingerprint density at radius 2 is 1.89 bits per heavy atom. The van der Waals surface area contributed by atoms with Crippen molar-refractivity contribution in [3.05, 3.63) is 18.0 Å². The first-order valence-electron chi connectivity index (χ1n) is 6.46. The maximum absolute atomic E-state index is 6.17. The molecule has 5 heteroatoms. The largest absolute Gasteiger partial charge is 0.493 e. The highest BCUT2D eigenvalue weighted by Gasteiger charge is 2.16. The van der Waals surface area contributed by atoms with Crippen LogP contribution >= 0.6 is 0 Å². The van der Waals surface area contributed by atoms with E-state index in [0.717, 1.165) is 29.7 Å². The van der Waals surface area contributed by atoms with Crippen LogP contribution in [0.2, 0.25) is 0 Å². The summed E-state index contributed by atoms with van der Waals surface area (Å²) in [6.07, 6.45) is 1.96. The van der Waals surface area contributed by atoms with Crippen LogP contribution in [0, 0.1) is 0 Å². The minimum Gasteiger partial charge on any atom is -0.493 e. The van der Waals surface area contributed by atoms with Gasteiger partial charge < -0.3 is 19.8 Å². The topological polar surface area (TPSA) is 62.3 Å². The van der Waals surface area contributed by atoms with Gasteiger partial charge >= 0.3 is 0 Å². The van der Waals surface area contributed by atoms with Gasteiger partial charge in [0.25, 0.3) is 0 Å². The zero-order valence-electron chi connectivity index (χ0n) is 11.9. The molecule has 0 saturated heterocycles. The molecule has 0 bridgehead atoms. The van der Waals surface area contributed by atoms with Crippen LogP contribution in [-0.4, -0.2) is 23.8 Å². The van der Waals surface area contributed by atoms with E-state index in [1.807, 2.05) is 23.7 Å². The van der Waals surface area contributed by atoms with E-state index in [0.29, 0.717) is 11.5 Å². The molecule has 0 radical (unpaired) electrons. The monoisotopic (exact) mass is 263 g/mol. The van der Waals surface area contributed by atoms with Gasteiger partial charge in [-0.05, 0) is 6.42 Å². The number of aromatic nitrogens is 2. The molecule has 0 fully saturated rings. The van der Waals surface area contributed by atoms with E-state index in [-0.39, 0.29) is 6.04 Å². The third kappa shape index (κ3) is 2.38. The van der Waals surface area contributed by atoms with E-state index in [1.54, 1.807) is 14.2 Å². The van der Waals surface area contributed by atoms with E-state index < -0.39 is 0 Å². The average molecular weight is 263 g/mol. The van der Waals surface area contributed by atoms with Crippen LogP contribution in [0.1, 0.15) is 31.6 Å². The first-order valence-corrected chi connectivity index (χ1v) is 6.46. The average Bonchev–Trinajstić information content (AvgIpc) is 2.74. The third-order valence-electron chi connectivity index (χ3n) is 3.35. The Labute approximate surface area is 113 Å². The molecule has 0 amide bonds. The Kier molecular flexibility index (Phi) is 3.95. The number of fused-ring (bicyclic) bond motifs is 1. The van der Waals surface area contributed by atoms with Crippen molar-refractivity contribution >= 4 is 11.0 Å². The third-order valence-corrected chi connectivity index (χ3v) is 3.35. The first-order chi connectivity index (χ1) is 9.12. The Bertz CT molecular complexity index is 578. The van der Waals surface area contributed by atoms with Crippen molar-refractivity contribution in [3.63, 3.8) is 0 Å². The number of imidazole rings is 1. The quantitative estimate of drug-likeness (QED) is 0.899. The molecular formula is C14H21N3O2. The van der Waals surface area contributed by atoms with Crippen molar-refractivity contribution in [3.8, 4) is 11.5 Å². The molecule has 19 heavy (non-hydrogen) atoms. The molecule has 0 aliphatic rings. The van der Waals surface area contributed by atoms with Crippen molar-refractivity contribution in [2.24, 2.45) is 12.8 Å². The molecule has 0 spiro atoms. The number of rotatable bonds is 5. The summed E-state index contributed by atoms with van der Waals surface area (Å²) >= 11 is 0. The standard InChI is InChI=1S/C14H21N3O2/c1-5-6-9(15)14-16-10-7-12(18-3)13(19-4)8-11(10)17(14)2/h7-9H,5-6,15H2,1-4H3. The highest BCUT2D eigenvalue weighted by Crippen LogP contribution is 2.33. The predicted molar refractivity (Wildman–Crippen MR) is 75.7 cm³/mol. The fraction of sp³-hybridized carbons (Fsp3) is 0.500. The Balaban J connectivity index is 2.56.